The number of sulfone groups is 1. The molecule has 2 atom stereocenters. The number of carbonyl (C=O) groups excluding carboxylic acids is 1. The van der Waals surface area contributed by atoms with Gasteiger partial charge in [-0.05, 0) is 31.4 Å². The number of rotatable bonds is 5. The summed E-state index contributed by atoms with van der Waals surface area (Å²) in [6.45, 7) is 2.29. The van der Waals surface area contributed by atoms with Crippen LogP contribution in [-0.2, 0) is 16.3 Å². The van der Waals surface area contributed by atoms with Gasteiger partial charge in [0.1, 0.15) is 5.76 Å². The summed E-state index contributed by atoms with van der Waals surface area (Å²) in [7, 11) is -2.88. The number of amides is 2. The first-order valence-electron chi connectivity index (χ1n) is 6.72. The minimum atomic E-state index is -2.88. The zero-order chi connectivity index (χ0) is 14.6. The molecule has 0 saturated carbocycles. The Bertz CT molecular complexity index is 539. The van der Waals surface area contributed by atoms with E-state index in [0.29, 0.717) is 19.4 Å². The molecular formula is C13H20N2O4S. The van der Waals surface area contributed by atoms with Crippen LogP contribution in [0.3, 0.4) is 0 Å². The molecule has 1 fully saturated rings. The van der Waals surface area contributed by atoms with Gasteiger partial charge in [-0.15, -0.1) is 0 Å². The van der Waals surface area contributed by atoms with Crippen LogP contribution in [0.2, 0.25) is 0 Å². The molecule has 1 aliphatic heterocycles. The molecule has 112 valence electrons. The number of hydrogen-bond donors (Lipinski definition) is 2. The van der Waals surface area contributed by atoms with Gasteiger partial charge in [-0.3, -0.25) is 0 Å². The Hall–Kier alpha value is -1.50. The Morgan fingerprint density at radius 1 is 1.55 bits per heavy atom. The van der Waals surface area contributed by atoms with Crippen molar-refractivity contribution in [1.82, 2.24) is 10.6 Å². The summed E-state index contributed by atoms with van der Waals surface area (Å²) in [5, 5.41) is 5.53. The fourth-order valence-corrected chi connectivity index (χ4v) is 4.19. The summed E-state index contributed by atoms with van der Waals surface area (Å²) in [5.41, 5.74) is 0. The van der Waals surface area contributed by atoms with E-state index < -0.39 is 9.84 Å². The molecule has 20 heavy (non-hydrogen) atoms. The summed E-state index contributed by atoms with van der Waals surface area (Å²) in [4.78, 5) is 11.7. The normalized spacial score (nSPS) is 22.4. The topological polar surface area (TPSA) is 88.4 Å². The maximum atomic E-state index is 11.7. The number of furan rings is 1. The Balaban J connectivity index is 1.68. The van der Waals surface area contributed by atoms with E-state index >= 15 is 0 Å². The summed E-state index contributed by atoms with van der Waals surface area (Å²) in [5.74, 6) is 1.26. The highest BCUT2D eigenvalue weighted by atomic mass is 32.2. The number of hydrogen-bond acceptors (Lipinski definition) is 4. The second kappa shape index (κ2) is 6.30. The third kappa shape index (κ3) is 4.56. The molecule has 2 N–H and O–H groups in total. The van der Waals surface area contributed by atoms with Gasteiger partial charge in [0.2, 0.25) is 0 Å². The third-order valence-corrected chi connectivity index (χ3v) is 5.18. The van der Waals surface area contributed by atoms with Crippen LogP contribution < -0.4 is 10.6 Å². The minimum Gasteiger partial charge on any atom is -0.469 e. The van der Waals surface area contributed by atoms with Gasteiger partial charge in [-0.2, -0.15) is 0 Å². The van der Waals surface area contributed by atoms with Gasteiger partial charge in [0, 0.05) is 19.0 Å². The van der Waals surface area contributed by atoms with Crippen molar-refractivity contribution in [2.45, 2.75) is 25.8 Å². The summed E-state index contributed by atoms with van der Waals surface area (Å²) in [6, 6.07) is 3.35. The van der Waals surface area contributed by atoms with Crippen molar-refractivity contribution < 1.29 is 17.6 Å². The molecule has 2 amide bonds. The molecule has 1 aromatic heterocycles. The third-order valence-electron chi connectivity index (χ3n) is 3.34. The van der Waals surface area contributed by atoms with Gasteiger partial charge in [0.25, 0.3) is 0 Å². The number of carbonyl (C=O) groups is 1. The van der Waals surface area contributed by atoms with Crippen molar-refractivity contribution in [3.63, 3.8) is 0 Å². The van der Waals surface area contributed by atoms with Crippen LogP contribution in [0.25, 0.3) is 0 Å². The van der Waals surface area contributed by atoms with Crippen molar-refractivity contribution >= 4 is 15.9 Å². The maximum absolute atomic E-state index is 11.7. The molecule has 1 aromatic rings. The minimum absolute atomic E-state index is 0.0335. The predicted octanol–water partition coefficient (Wildman–Crippen LogP) is 0.945. The predicted molar refractivity (Wildman–Crippen MR) is 75.2 cm³/mol. The molecule has 0 unspecified atom stereocenters. The molecule has 0 aromatic carbocycles. The lowest BCUT2D eigenvalue weighted by Crippen LogP contribution is -2.43. The van der Waals surface area contributed by atoms with E-state index in [1.807, 2.05) is 19.1 Å². The van der Waals surface area contributed by atoms with Gasteiger partial charge in [-0.1, -0.05) is 0 Å². The van der Waals surface area contributed by atoms with E-state index in [2.05, 4.69) is 10.6 Å². The van der Waals surface area contributed by atoms with Crippen LogP contribution >= 0.6 is 0 Å². The van der Waals surface area contributed by atoms with E-state index in [9.17, 15) is 13.2 Å². The second-order valence-electron chi connectivity index (χ2n) is 5.31. The van der Waals surface area contributed by atoms with E-state index in [1.165, 1.54) is 0 Å². The maximum Gasteiger partial charge on any atom is 0.315 e. The molecule has 2 heterocycles. The smallest absolute Gasteiger partial charge is 0.315 e. The lowest BCUT2D eigenvalue weighted by Gasteiger charge is -2.15. The fraction of sp³-hybridized carbons (Fsp3) is 0.615. The highest BCUT2D eigenvalue weighted by molar-refractivity contribution is 7.91. The van der Waals surface area contributed by atoms with Gasteiger partial charge in [-0.25, -0.2) is 13.2 Å². The Morgan fingerprint density at radius 2 is 2.35 bits per heavy atom. The van der Waals surface area contributed by atoms with Crippen LogP contribution in [0, 0.1) is 5.92 Å². The molecule has 0 bridgehead atoms. The van der Waals surface area contributed by atoms with Crippen molar-refractivity contribution in [3.8, 4) is 0 Å². The lowest BCUT2D eigenvalue weighted by molar-refractivity contribution is 0.235. The molecule has 0 spiro atoms. The quantitative estimate of drug-likeness (QED) is 0.847. The molecule has 6 nitrogen and oxygen atoms in total. The van der Waals surface area contributed by atoms with Crippen LogP contribution in [0.15, 0.2) is 22.8 Å². The zero-order valence-electron chi connectivity index (χ0n) is 11.5. The average Bonchev–Trinajstić information content (AvgIpc) is 2.96. The van der Waals surface area contributed by atoms with Gasteiger partial charge in [0.05, 0.1) is 17.8 Å². The highest BCUT2D eigenvalue weighted by Crippen LogP contribution is 2.17. The van der Waals surface area contributed by atoms with E-state index in [0.717, 1.165) is 5.76 Å². The SMILES string of the molecule is C[C@@H](Cc1ccco1)NC(=O)NC[C@@H]1CCS(=O)(=O)C1. The molecule has 2 rings (SSSR count). The van der Waals surface area contributed by atoms with Gasteiger partial charge in [0.15, 0.2) is 9.84 Å². The van der Waals surface area contributed by atoms with Crippen LogP contribution in [0.1, 0.15) is 19.1 Å². The van der Waals surface area contributed by atoms with Crippen LogP contribution in [0.5, 0.6) is 0 Å². The molecule has 1 saturated heterocycles. The fourth-order valence-electron chi connectivity index (χ4n) is 2.33. The summed E-state index contributed by atoms with van der Waals surface area (Å²) in [6.07, 6.45) is 2.85. The standard InChI is InChI=1S/C13H20N2O4S/c1-10(7-12-3-2-5-19-12)15-13(16)14-8-11-4-6-20(17,18)9-11/h2-3,5,10-11H,4,6-9H2,1H3,(H2,14,15,16)/t10-,11-/m0/s1. The summed E-state index contributed by atoms with van der Waals surface area (Å²) >= 11 is 0. The van der Waals surface area contributed by atoms with Crippen molar-refractivity contribution in [2.75, 3.05) is 18.1 Å². The van der Waals surface area contributed by atoms with Crippen LogP contribution in [0.4, 0.5) is 4.79 Å². The van der Waals surface area contributed by atoms with E-state index in [1.54, 1.807) is 6.26 Å². The van der Waals surface area contributed by atoms with Crippen molar-refractivity contribution in [3.05, 3.63) is 24.2 Å². The Morgan fingerprint density at radius 3 is 2.95 bits per heavy atom. The average molecular weight is 300 g/mol. The Kier molecular flexibility index (Phi) is 4.69. The largest absolute Gasteiger partial charge is 0.469 e. The van der Waals surface area contributed by atoms with Crippen molar-refractivity contribution in [2.24, 2.45) is 5.92 Å². The van der Waals surface area contributed by atoms with E-state index in [-0.39, 0.29) is 29.5 Å². The molecular weight excluding hydrogens is 280 g/mol. The van der Waals surface area contributed by atoms with Gasteiger partial charge >= 0.3 is 6.03 Å². The second-order valence-corrected chi connectivity index (χ2v) is 7.54. The van der Waals surface area contributed by atoms with Crippen molar-refractivity contribution in [1.29, 1.82) is 0 Å². The Labute approximate surface area is 118 Å². The van der Waals surface area contributed by atoms with E-state index in [4.69, 9.17) is 4.42 Å². The zero-order valence-corrected chi connectivity index (χ0v) is 12.3. The van der Waals surface area contributed by atoms with Gasteiger partial charge < -0.3 is 15.1 Å². The lowest BCUT2D eigenvalue weighted by atomic mass is 10.1. The molecule has 0 radical (unpaired) electrons. The first kappa shape index (κ1) is 14.9. The molecule has 7 heteroatoms. The summed E-state index contributed by atoms with van der Waals surface area (Å²) < 4.78 is 27.8. The number of nitrogens with one attached hydrogen (secondary N) is 2. The number of urea groups is 1. The first-order chi connectivity index (χ1) is 9.44. The first-order valence-corrected chi connectivity index (χ1v) is 8.54. The molecule has 0 aliphatic carbocycles. The van der Waals surface area contributed by atoms with Crippen LogP contribution in [-0.4, -0.2) is 38.5 Å². The highest BCUT2D eigenvalue weighted by Gasteiger charge is 2.27. The molecule has 1 aliphatic rings. The monoisotopic (exact) mass is 300 g/mol.